The molecule has 2 aromatic heterocycles. The molecule has 0 unspecified atom stereocenters. The van der Waals surface area contributed by atoms with Gasteiger partial charge in [-0.25, -0.2) is 9.97 Å². The van der Waals surface area contributed by atoms with Crippen molar-refractivity contribution in [2.75, 3.05) is 0 Å². The number of thiophene rings is 1. The molecule has 0 spiro atoms. The van der Waals surface area contributed by atoms with Crippen LogP contribution in [0.2, 0.25) is 5.02 Å². The van der Waals surface area contributed by atoms with Crippen molar-refractivity contribution in [1.29, 1.82) is 0 Å². The van der Waals surface area contributed by atoms with Crippen LogP contribution in [0.5, 0.6) is 0 Å². The molecular formula is C19H20ClN3OS. The average Bonchev–Trinajstić information content (AvgIpc) is 2.90. The highest BCUT2D eigenvalue weighted by atomic mass is 35.5. The van der Waals surface area contributed by atoms with Crippen LogP contribution in [-0.2, 0) is 0 Å². The lowest BCUT2D eigenvalue weighted by molar-refractivity contribution is 0.0939. The second-order valence-electron chi connectivity index (χ2n) is 6.08. The van der Waals surface area contributed by atoms with E-state index in [2.05, 4.69) is 22.2 Å². The number of aryl methyl sites for hydroxylation is 3. The lowest BCUT2D eigenvalue weighted by atomic mass is 10.0. The highest BCUT2D eigenvalue weighted by Crippen LogP contribution is 2.31. The number of benzene rings is 1. The number of carbonyl (C=O) groups excluding carboxylic acids is 1. The summed E-state index contributed by atoms with van der Waals surface area (Å²) in [7, 11) is 0. The molecule has 6 heteroatoms. The van der Waals surface area contributed by atoms with E-state index in [-0.39, 0.29) is 11.9 Å². The van der Waals surface area contributed by atoms with Gasteiger partial charge in [0.2, 0.25) is 0 Å². The number of nitrogens with one attached hydrogen (secondary N) is 1. The number of hydrogen-bond acceptors (Lipinski definition) is 4. The first-order chi connectivity index (χ1) is 11.9. The minimum atomic E-state index is -0.0700. The van der Waals surface area contributed by atoms with Gasteiger partial charge in [-0.3, -0.25) is 4.79 Å². The van der Waals surface area contributed by atoms with Crippen molar-refractivity contribution in [3.8, 4) is 0 Å². The van der Waals surface area contributed by atoms with Gasteiger partial charge in [-0.1, -0.05) is 30.7 Å². The van der Waals surface area contributed by atoms with Crippen molar-refractivity contribution in [1.82, 2.24) is 15.3 Å². The molecule has 0 saturated heterocycles. The molecule has 130 valence electrons. The Morgan fingerprint density at radius 1 is 1.20 bits per heavy atom. The second kappa shape index (κ2) is 7.10. The topological polar surface area (TPSA) is 54.9 Å². The summed E-state index contributed by atoms with van der Waals surface area (Å²) in [6.07, 6.45) is 0.801. The zero-order valence-electron chi connectivity index (χ0n) is 14.7. The minimum absolute atomic E-state index is 0.0525. The van der Waals surface area contributed by atoms with Crippen LogP contribution in [0, 0.1) is 20.8 Å². The molecule has 25 heavy (non-hydrogen) atoms. The maximum absolute atomic E-state index is 12.9. The minimum Gasteiger partial charge on any atom is -0.345 e. The Labute approximate surface area is 156 Å². The quantitative estimate of drug-likeness (QED) is 0.687. The van der Waals surface area contributed by atoms with Crippen molar-refractivity contribution in [2.45, 2.75) is 40.2 Å². The number of fused-ring (bicyclic) bond motifs is 1. The van der Waals surface area contributed by atoms with Crippen molar-refractivity contribution >= 4 is 39.1 Å². The fourth-order valence-electron chi connectivity index (χ4n) is 3.03. The lowest BCUT2D eigenvalue weighted by Gasteiger charge is -2.17. The molecule has 3 aromatic rings. The third kappa shape index (κ3) is 3.53. The number of nitrogens with zero attached hydrogens (tertiary/aromatic N) is 2. The highest BCUT2D eigenvalue weighted by Gasteiger charge is 2.21. The summed E-state index contributed by atoms with van der Waals surface area (Å²) < 4.78 is 0. The number of aromatic nitrogens is 2. The summed E-state index contributed by atoms with van der Waals surface area (Å²) in [6, 6.07) is 7.54. The molecule has 3 rings (SSSR count). The van der Waals surface area contributed by atoms with Crippen LogP contribution in [0.3, 0.4) is 0 Å². The Morgan fingerprint density at radius 3 is 2.52 bits per heavy atom. The predicted octanol–water partition coefficient (Wildman–Crippen LogP) is 5.15. The van der Waals surface area contributed by atoms with Crippen LogP contribution < -0.4 is 5.32 Å². The summed E-state index contributed by atoms with van der Waals surface area (Å²) in [4.78, 5) is 23.3. The molecule has 0 bridgehead atoms. The monoisotopic (exact) mass is 373 g/mol. The molecule has 2 heterocycles. The van der Waals surface area contributed by atoms with E-state index in [1.54, 1.807) is 0 Å². The van der Waals surface area contributed by atoms with E-state index in [0.29, 0.717) is 9.90 Å². The molecule has 0 aliphatic heterocycles. The van der Waals surface area contributed by atoms with E-state index in [4.69, 9.17) is 11.6 Å². The third-order valence-electron chi connectivity index (χ3n) is 4.28. The molecule has 1 N–H and O–H groups in total. The first kappa shape index (κ1) is 17.8. The van der Waals surface area contributed by atoms with Gasteiger partial charge < -0.3 is 5.32 Å². The molecular weight excluding hydrogens is 354 g/mol. The summed E-state index contributed by atoms with van der Waals surface area (Å²) >= 11 is 7.38. The van der Waals surface area contributed by atoms with Gasteiger partial charge in [-0.2, -0.15) is 0 Å². The van der Waals surface area contributed by atoms with Crippen molar-refractivity contribution in [3.63, 3.8) is 0 Å². The molecule has 1 aromatic carbocycles. The fraction of sp³-hybridized carbons (Fsp3) is 0.316. The van der Waals surface area contributed by atoms with Crippen molar-refractivity contribution in [2.24, 2.45) is 0 Å². The Balaban J connectivity index is 1.92. The predicted molar refractivity (Wildman–Crippen MR) is 104 cm³/mol. The Kier molecular flexibility index (Phi) is 5.06. The molecule has 0 fully saturated rings. The van der Waals surface area contributed by atoms with Gasteiger partial charge in [0.1, 0.15) is 10.7 Å². The summed E-state index contributed by atoms with van der Waals surface area (Å²) in [6.45, 7) is 7.84. The zero-order chi connectivity index (χ0) is 18.1. The van der Waals surface area contributed by atoms with E-state index in [0.717, 1.165) is 39.3 Å². The standard InChI is InChI=1S/C19H20ClN3OS/c1-5-15(13-6-8-14(20)9-7-13)23-18(24)17-10(2)16-11(3)21-12(4)22-19(16)25-17/h6-9,15H,5H2,1-4H3,(H,23,24)/t15-/m1/s1. The number of carbonyl (C=O) groups is 1. The van der Waals surface area contributed by atoms with Crippen LogP contribution in [0.4, 0.5) is 0 Å². The molecule has 0 radical (unpaired) electrons. The van der Waals surface area contributed by atoms with Crippen molar-refractivity contribution < 1.29 is 4.79 Å². The van der Waals surface area contributed by atoms with Crippen LogP contribution >= 0.6 is 22.9 Å². The van der Waals surface area contributed by atoms with E-state index in [1.807, 2.05) is 45.0 Å². The third-order valence-corrected chi connectivity index (χ3v) is 5.71. The van der Waals surface area contributed by atoms with Gasteiger partial charge in [0.05, 0.1) is 10.9 Å². The molecule has 1 amide bonds. The van der Waals surface area contributed by atoms with E-state index < -0.39 is 0 Å². The molecule has 0 aliphatic rings. The fourth-order valence-corrected chi connectivity index (χ4v) is 4.34. The van der Waals surface area contributed by atoms with Crippen LogP contribution in [0.1, 0.15) is 51.7 Å². The average molecular weight is 374 g/mol. The highest BCUT2D eigenvalue weighted by molar-refractivity contribution is 7.20. The van der Waals surface area contributed by atoms with E-state index in [1.165, 1.54) is 11.3 Å². The van der Waals surface area contributed by atoms with Gasteiger partial charge in [-0.15, -0.1) is 11.3 Å². The second-order valence-corrected chi connectivity index (χ2v) is 7.51. The van der Waals surface area contributed by atoms with Crippen LogP contribution in [-0.4, -0.2) is 15.9 Å². The molecule has 0 aliphatic carbocycles. The summed E-state index contributed by atoms with van der Waals surface area (Å²) in [5.41, 5.74) is 2.91. The first-order valence-corrected chi connectivity index (χ1v) is 9.40. The molecule has 4 nitrogen and oxygen atoms in total. The van der Waals surface area contributed by atoms with Crippen LogP contribution in [0.25, 0.3) is 10.2 Å². The largest absolute Gasteiger partial charge is 0.345 e. The smallest absolute Gasteiger partial charge is 0.262 e. The summed E-state index contributed by atoms with van der Waals surface area (Å²) in [5.74, 6) is 0.658. The van der Waals surface area contributed by atoms with Crippen molar-refractivity contribution in [3.05, 3.63) is 56.8 Å². The number of hydrogen-bond donors (Lipinski definition) is 1. The van der Waals surface area contributed by atoms with E-state index >= 15 is 0 Å². The maximum Gasteiger partial charge on any atom is 0.262 e. The molecule has 0 saturated carbocycles. The van der Waals surface area contributed by atoms with Crippen LogP contribution in [0.15, 0.2) is 24.3 Å². The van der Waals surface area contributed by atoms with Gasteiger partial charge in [0, 0.05) is 16.1 Å². The zero-order valence-corrected chi connectivity index (χ0v) is 16.3. The van der Waals surface area contributed by atoms with Gasteiger partial charge >= 0.3 is 0 Å². The number of halogens is 1. The maximum atomic E-state index is 12.9. The Morgan fingerprint density at radius 2 is 1.88 bits per heavy atom. The number of amides is 1. The summed E-state index contributed by atoms with van der Waals surface area (Å²) in [5, 5.41) is 4.81. The van der Waals surface area contributed by atoms with E-state index in [9.17, 15) is 4.79 Å². The van der Waals surface area contributed by atoms with Gasteiger partial charge in [-0.05, 0) is 50.5 Å². The number of rotatable bonds is 4. The SMILES string of the molecule is CC[C@@H](NC(=O)c1sc2nc(C)nc(C)c2c1C)c1ccc(Cl)cc1. The Hall–Kier alpha value is -1.98. The lowest BCUT2D eigenvalue weighted by Crippen LogP contribution is -2.27. The molecule has 1 atom stereocenters. The van der Waals surface area contributed by atoms with Gasteiger partial charge in [0.25, 0.3) is 5.91 Å². The first-order valence-electron chi connectivity index (χ1n) is 8.21. The normalized spacial score (nSPS) is 12.4. The Bertz CT molecular complexity index is 934. The van der Waals surface area contributed by atoms with Gasteiger partial charge in [0.15, 0.2) is 0 Å².